The van der Waals surface area contributed by atoms with Gasteiger partial charge in [-0.15, -0.1) is 0 Å². The third kappa shape index (κ3) is 4.55. The monoisotopic (exact) mass is 183 g/mol. The van der Waals surface area contributed by atoms with Crippen molar-refractivity contribution in [2.75, 3.05) is 0 Å². The molecule has 74 valence electrons. The smallest absolute Gasteiger partial charge is 0.329 e. The number of carboxylic acids is 1. The molecule has 0 spiro atoms. The summed E-state index contributed by atoms with van der Waals surface area (Å²) in [7, 11) is 0. The van der Waals surface area contributed by atoms with Gasteiger partial charge in [0.25, 0.3) is 0 Å². The maximum atomic E-state index is 10.2. The molecule has 0 aliphatic heterocycles. The summed E-state index contributed by atoms with van der Waals surface area (Å²) in [6, 6.07) is 0.447. The SMILES string of the molecule is CCC(CC1CC1)N/C=C/C(=O)O. The molecule has 1 saturated carbocycles. The minimum atomic E-state index is -0.895. The van der Waals surface area contributed by atoms with Gasteiger partial charge in [0, 0.05) is 18.3 Å². The summed E-state index contributed by atoms with van der Waals surface area (Å²) in [6.45, 7) is 2.12. The van der Waals surface area contributed by atoms with E-state index in [-0.39, 0.29) is 0 Å². The van der Waals surface area contributed by atoms with Crippen LogP contribution in [0.2, 0.25) is 0 Å². The molecule has 1 rings (SSSR count). The van der Waals surface area contributed by atoms with Crippen LogP contribution in [0.3, 0.4) is 0 Å². The maximum absolute atomic E-state index is 10.2. The zero-order valence-electron chi connectivity index (χ0n) is 7.99. The fraction of sp³-hybridized carbons (Fsp3) is 0.700. The predicted octanol–water partition coefficient (Wildman–Crippen LogP) is 1.75. The second-order valence-corrected chi connectivity index (χ2v) is 3.62. The van der Waals surface area contributed by atoms with Crippen LogP contribution in [-0.4, -0.2) is 17.1 Å². The lowest BCUT2D eigenvalue weighted by Crippen LogP contribution is -2.24. The van der Waals surface area contributed by atoms with E-state index in [2.05, 4.69) is 12.2 Å². The highest BCUT2D eigenvalue weighted by Gasteiger charge is 2.23. The molecule has 0 bridgehead atoms. The van der Waals surface area contributed by atoms with E-state index in [4.69, 9.17) is 5.11 Å². The van der Waals surface area contributed by atoms with Crippen LogP contribution in [0.25, 0.3) is 0 Å². The summed E-state index contributed by atoms with van der Waals surface area (Å²) in [5, 5.41) is 11.5. The second kappa shape index (κ2) is 4.90. The summed E-state index contributed by atoms with van der Waals surface area (Å²) >= 11 is 0. The van der Waals surface area contributed by atoms with E-state index >= 15 is 0 Å². The molecule has 1 fully saturated rings. The Morgan fingerprint density at radius 2 is 2.38 bits per heavy atom. The standard InChI is InChI=1S/C10H17NO2/c1-2-9(7-8-3-4-8)11-6-5-10(12)13/h5-6,8-9,11H,2-4,7H2,1H3,(H,12,13)/b6-5+. The van der Waals surface area contributed by atoms with Gasteiger partial charge < -0.3 is 10.4 Å². The van der Waals surface area contributed by atoms with Crippen LogP contribution in [0, 0.1) is 5.92 Å². The average molecular weight is 183 g/mol. The summed E-state index contributed by atoms with van der Waals surface area (Å²) in [6.07, 6.45) is 7.62. The van der Waals surface area contributed by atoms with Crippen molar-refractivity contribution >= 4 is 5.97 Å². The van der Waals surface area contributed by atoms with Gasteiger partial charge in [0.05, 0.1) is 0 Å². The van der Waals surface area contributed by atoms with Crippen molar-refractivity contribution in [3.05, 3.63) is 12.3 Å². The van der Waals surface area contributed by atoms with Crippen molar-refractivity contribution in [2.24, 2.45) is 5.92 Å². The van der Waals surface area contributed by atoms with Crippen LogP contribution < -0.4 is 5.32 Å². The van der Waals surface area contributed by atoms with Gasteiger partial charge in [0.2, 0.25) is 0 Å². The predicted molar refractivity (Wildman–Crippen MR) is 51.3 cm³/mol. The second-order valence-electron chi connectivity index (χ2n) is 3.62. The maximum Gasteiger partial charge on any atom is 0.329 e. The van der Waals surface area contributed by atoms with Crippen molar-refractivity contribution in [3.63, 3.8) is 0 Å². The van der Waals surface area contributed by atoms with E-state index in [1.54, 1.807) is 6.20 Å². The van der Waals surface area contributed by atoms with Crippen LogP contribution in [0.1, 0.15) is 32.6 Å². The highest BCUT2D eigenvalue weighted by atomic mass is 16.4. The minimum absolute atomic E-state index is 0.447. The highest BCUT2D eigenvalue weighted by Crippen LogP contribution is 2.33. The molecule has 1 aliphatic rings. The van der Waals surface area contributed by atoms with Crippen LogP contribution in [0.5, 0.6) is 0 Å². The number of rotatable bonds is 6. The van der Waals surface area contributed by atoms with Gasteiger partial charge in [-0.25, -0.2) is 4.79 Å². The summed E-state index contributed by atoms with van der Waals surface area (Å²) in [5.41, 5.74) is 0. The van der Waals surface area contributed by atoms with E-state index < -0.39 is 5.97 Å². The molecule has 0 amide bonds. The van der Waals surface area contributed by atoms with E-state index in [0.29, 0.717) is 6.04 Å². The molecular weight excluding hydrogens is 166 g/mol. The molecule has 1 aliphatic carbocycles. The molecule has 0 saturated heterocycles. The first kappa shape index (κ1) is 10.1. The van der Waals surface area contributed by atoms with Crippen molar-refractivity contribution in [1.29, 1.82) is 0 Å². The first-order chi connectivity index (χ1) is 6.22. The Bertz CT molecular complexity index is 197. The van der Waals surface area contributed by atoms with Gasteiger partial charge in [0.15, 0.2) is 0 Å². The van der Waals surface area contributed by atoms with Gasteiger partial charge in [-0.3, -0.25) is 0 Å². The Morgan fingerprint density at radius 3 is 2.85 bits per heavy atom. The van der Waals surface area contributed by atoms with Crippen LogP contribution in [0.4, 0.5) is 0 Å². The van der Waals surface area contributed by atoms with Crippen molar-refractivity contribution in [2.45, 2.75) is 38.6 Å². The van der Waals surface area contributed by atoms with Crippen LogP contribution in [0.15, 0.2) is 12.3 Å². The third-order valence-corrected chi connectivity index (χ3v) is 2.37. The quantitative estimate of drug-likeness (QED) is 0.617. The lowest BCUT2D eigenvalue weighted by molar-refractivity contribution is -0.131. The fourth-order valence-corrected chi connectivity index (χ4v) is 1.36. The number of carbonyl (C=O) groups is 1. The summed E-state index contributed by atoms with van der Waals surface area (Å²) < 4.78 is 0. The number of aliphatic carboxylic acids is 1. The zero-order valence-corrected chi connectivity index (χ0v) is 7.99. The zero-order chi connectivity index (χ0) is 9.68. The molecule has 1 atom stereocenters. The molecule has 0 aromatic heterocycles. The molecule has 0 aromatic rings. The lowest BCUT2D eigenvalue weighted by Gasteiger charge is -2.13. The first-order valence-electron chi connectivity index (χ1n) is 4.88. The van der Waals surface area contributed by atoms with Crippen molar-refractivity contribution in [1.82, 2.24) is 5.32 Å². The van der Waals surface area contributed by atoms with Gasteiger partial charge in [-0.1, -0.05) is 19.8 Å². The Balaban J connectivity index is 2.17. The van der Waals surface area contributed by atoms with Crippen molar-refractivity contribution < 1.29 is 9.90 Å². The summed E-state index contributed by atoms with van der Waals surface area (Å²) in [4.78, 5) is 10.2. The minimum Gasteiger partial charge on any atom is -0.478 e. The van der Waals surface area contributed by atoms with Gasteiger partial charge in [-0.2, -0.15) is 0 Å². The Kier molecular flexibility index (Phi) is 3.80. The Hall–Kier alpha value is -0.990. The van der Waals surface area contributed by atoms with Crippen LogP contribution in [-0.2, 0) is 4.79 Å². The molecule has 0 radical (unpaired) electrons. The molecular formula is C10H17NO2. The highest BCUT2D eigenvalue weighted by molar-refractivity contribution is 5.79. The fourth-order valence-electron chi connectivity index (χ4n) is 1.36. The lowest BCUT2D eigenvalue weighted by atomic mass is 10.1. The van der Waals surface area contributed by atoms with E-state index in [1.807, 2.05) is 0 Å². The van der Waals surface area contributed by atoms with Gasteiger partial charge in [-0.05, 0) is 18.8 Å². The molecule has 0 heterocycles. The normalized spacial score (nSPS) is 18.8. The van der Waals surface area contributed by atoms with Crippen LogP contribution >= 0.6 is 0 Å². The number of hydrogen-bond donors (Lipinski definition) is 2. The number of carboxylic acid groups (broad SMARTS) is 1. The van der Waals surface area contributed by atoms with E-state index in [1.165, 1.54) is 19.3 Å². The topological polar surface area (TPSA) is 49.3 Å². The van der Waals surface area contributed by atoms with Gasteiger partial charge >= 0.3 is 5.97 Å². The molecule has 2 N–H and O–H groups in total. The largest absolute Gasteiger partial charge is 0.478 e. The molecule has 3 nitrogen and oxygen atoms in total. The van der Waals surface area contributed by atoms with Gasteiger partial charge in [0.1, 0.15) is 0 Å². The summed E-state index contributed by atoms with van der Waals surface area (Å²) in [5.74, 6) is -0.00977. The first-order valence-corrected chi connectivity index (χ1v) is 4.88. The number of hydrogen-bond acceptors (Lipinski definition) is 2. The number of nitrogens with one attached hydrogen (secondary N) is 1. The van der Waals surface area contributed by atoms with E-state index in [9.17, 15) is 4.79 Å². The molecule has 0 aromatic carbocycles. The Labute approximate surface area is 78.8 Å². The molecule has 1 unspecified atom stereocenters. The van der Waals surface area contributed by atoms with E-state index in [0.717, 1.165) is 18.4 Å². The Morgan fingerprint density at radius 1 is 1.69 bits per heavy atom. The average Bonchev–Trinajstić information content (AvgIpc) is 2.86. The molecule has 3 heteroatoms. The van der Waals surface area contributed by atoms with Crippen molar-refractivity contribution in [3.8, 4) is 0 Å². The third-order valence-electron chi connectivity index (χ3n) is 2.37. The molecule has 13 heavy (non-hydrogen) atoms.